The van der Waals surface area contributed by atoms with Gasteiger partial charge in [-0.3, -0.25) is 9.59 Å². The Kier molecular flexibility index (Phi) is 7.53. The first-order valence-corrected chi connectivity index (χ1v) is 11.6. The molecule has 1 aliphatic heterocycles. The summed E-state index contributed by atoms with van der Waals surface area (Å²) in [6.07, 6.45) is 2.13. The summed E-state index contributed by atoms with van der Waals surface area (Å²) in [6, 6.07) is 9.95. The summed E-state index contributed by atoms with van der Waals surface area (Å²) < 4.78 is 5.30. The average Bonchev–Trinajstić information content (AvgIpc) is 3.21. The van der Waals surface area contributed by atoms with Gasteiger partial charge in [0.05, 0.1) is 19.7 Å². The molecule has 1 aromatic heterocycles. The van der Waals surface area contributed by atoms with E-state index < -0.39 is 0 Å². The van der Waals surface area contributed by atoms with Crippen LogP contribution < -0.4 is 4.74 Å². The van der Waals surface area contributed by atoms with Crippen LogP contribution in [-0.2, 0) is 16.0 Å². The molecule has 0 fully saturated rings. The van der Waals surface area contributed by atoms with Crippen LogP contribution in [-0.4, -0.2) is 48.4 Å². The minimum atomic E-state index is -0.124. The fourth-order valence-corrected chi connectivity index (χ4v) is 4.96. The van der Waals surface area contributed by atoms with Crippen molar-refractivity contribution in [3.63, 3.8) is 0 Å². The highest BCUT2D eigenvalue weighted by molar-refractivity contribution is 7.10. The molecule has 2 heterocycles. The van der Waals surface area contributed by atoms with Crippen molar-refractivity contribution >= 4 is 23.2 Å². The van der Waals surface area contributed by atoms with E-state index in [4.69, 9.17) is 4.74 Å². The van der Waals surface area contributed by atoms with E-state index in [1.165, 1.54) is 10.4 Å². The number of thiophene rings is 1. The third-order valence-corrected chi connectivity index (χ3v) is 6.44. The molecule has 1 unspecified atom stereocenters. The number of hydrogen-bond donors (Lipinski definition) is 0. The van der Waals surface area contributed by atoms with Crippen LogP contribution in [0.4, 0.5) is 0 Å². The molecule has 5 nitrogen and oxygen atoms in total. The van der Waals surface area contributed by atoms with Gasteiger partial charge in [-0.15, -0.1) is 11.3 Å². The second-order valence-corrected chi connectivity index (χ2v) is 9.23. The van der Waals surface area contributed by atoms with Gasteiger partial charge in [0.1, 0.15) is 5.75 Å². The molecule has 30 heavy (non-hydrogen) atoms. The predicted octanol–water partition coefficient (Wildman–Crippen LogP) is 4.52. The SMILES string of the molecule is CCCC(=O)N(CC(=O)N1CCc2sccc2C1c1ccc(OC)cc1)CC(C)C. The Morgan fingerprint density at radius 1 is 1.23 bits per heavy atom. The first-order valence-electron chi connectivity index (χ1n) is 10.7. The summed E-state index contributed by atoms with van der Waals surface area (Å²) >= 11 is 1.75. The lowest BCUT2D eigenvalue weighted by Gasteiger charge is -2.38. The quantitative estimate of drug-likeness (QED) is 0.621. The van der Waals surface area contributed by atoms with Gasteiger partial charge in [-0.1, -0.05) is 32.9 Å². The van der Waals surface area contributed by atoms with Gasteiger partial charge in [0, 0.05) is 24.4 Å². The molecule has 3 rings (SSSR count). The lowest BCUT2D eigenvalue weighted by Crippen LogP contribution is -2.47. The monoisotopic (exact) mass is 428 g/mol. The van der Waals surface area contributed by atoms with Crippen LogP contribution in [0.3, 0.4) is 0 Å². The second kappa shape index (κ2) is 10.1. The van der Waals surface area contributed by atoms with E-state index in [0.29, 0.717) is 25.4 Å². The molecule has 1 aromatic carbocycles. The summed E-state index contributed by atoms with van der Waals surface area (Å²) in [4.78, 5) is 31.1. The van der Waals surface area contributed by atoms with E-state index in [-0.39, 0.29) is 24.4 Å². The van der Waals surface area contributed by atoms with Crippen LogP contribution in [0.1, 0.15) is 55.7 Å². The van der Waals surface area contributed by atoms with Crippen molar-refractivity contribution in [1.82, 2.24) is 9.80 Å². The molecule has 1 atom stereocenters. The van der Waals surface area contributed by atoms with Gasteiger partial charge in [-0.25, -0.2) is 0 Å². The van der Waals surface area contributed by atoms with Gasteiger partial charge in [-0.05, 0) is 53.5 Å². The molecular formula is C24H32N2O3S. The summed E-state index contributed by atoms with van der Waals surface area (Å²) in [7, 11) is 1.65. The molecular weight excluding hydrogens is 396 g/mol. The van der Waals surface area contributed by atoms with Crippen LogP contribution >= 0.6 is 11.3 Å². The molecule has 2 aromatic rings. The highest BCUT2D eigenvalue weighted by Crippen LogP contribution is 2.38. The van der Waals surface area contributed by atoms with E-state index in [0.717, 1.165) is 24.2 Å². The van der Waals surface area contributed by atoms with E-state index >= 15 is 0 Å². The Balaban J connectivity index is 1.87. The lowest BCUT2D eigenvalue weighted by molar-refractivity contribution is -0.142. The minimum absolute atomic E-state index is 0.0118. The number of benzene rings is 1. The van der Waals surface area contributed by atoms with Gasteiger partial charge in [0.15, 0.2) is 0 Å². The van der Waals surface area contributed by atoms with Crippen LogP contribution in [0.2, 0.25) is 0 Å². The van der Waals surface area contributed by atoms with E-state index in [1.54, 1.807) is 23.3 Å². The maximum atomic E-state index is 13.4. The van der Waals surface area contributed by atoms with Crippen molar-refractivity contribution in [2.24, 2.45) is 5.92 Å². The largest absolute Gasteiger partial charge is 0.497 e. The maximum absolute atomic E-state index is 13.4. The normalized spacial score (nSPS) is 15.8. The van der Waals surface area contributed by atoms with Crippen LogP contribution in [0.5, 0.6) is 5.75 Å². The average molecular weight is 429 g/mol. The Labute approximate surface area is 183 Å². The van der Waals surface area contributed by atoms with Crippen LogP contribution in [0.15, 0.2) is 35.7 Å². The zero-order valence-corrected chi connectivity index (χ0v) is 19.2. The number of carbonyl (C=O) groups excluding carboxylic acids is 2. The van der Waals surface area contributed by atoms with E-state index in [2.05, 4.69) is 25.3 Å². The highest BCUT2D eigenvalue weighted by atomic mass is 32.1. The number of hydrogen-bond acceptors (Lipinski definition) is 4. The number of ether oxygens (including phenoxy) is 1. The minimum Gasteiger partial charge on any atom is -0.497 e. The van der Waals surface area contributed by atoms with Gasteiger partial charge in [0.25, 0.3) is 0 Å². The van der Waals surface area contributed by atoms with Gasteiger partial charge < -0.3 is 14.5 Å². The molecule has 0 spiro atoms. The summed E-state index contributed by atoms with van der Waals surface area (Å²) in [5.41, 5.74) is 2.26. The smallest absolute Gasteiger partial charge is 0.242 e. The van der Waals surface area contributed by atoms with Crippen molar-refractivity contribution in [3.05, 3.63) is 51.7 Å². The summed E-state index contributed by atoms with van der Waals surface area (Å²) in [5.74, 6) is 1.19. The maximum Gasteiger partial charge on any atom is 0.242 e. The van der Waals surface area contributed by atoms with Crippen molar-refractivity contribution < 1.29 is 14.3 Å². The predicted molar refractivity (Wildman–Crippen MR) is 121 cm³/mol. The summed E-state index contributed by atoms with van der Waals surface area (Å²) in [6.45, 7) is 7.57. The standard InChI is InChI=1S/C24H32N2O3S/c1-5-6-22(27)25(15-17(2)3)16-23(28)26-13-11-21-20(12-14-30-21)24(26)18-7-9-19(29-4)10-8-18/h7-10,12,14,17,24H,5-6,11,13,15-16H2,1-4H3. The third-order valence-electron chi connectivity index (χ3n) is 5.45. The van der Waals surface area contributed by atoms with Crippen molar-refractivity contribution in [3.8, 4) is 5.75 Å². The first-order chi connectivity index (χ1) is 14.4. The summed E-state index contributed by atoms with van der Waals surface area (Å²) in [5, 5.41) is 2.10. The molecule has 0 aliphatic carbocycles. The van der Waals surface area contributed by atoms with Gasteiger partial charge in [-0.2, -0.15) is 0 Å². The number of carbonyl (C=O) groups is 2. The molecule has 0 radical (unpaired) electrons. The van der Waals surface area contributed by atoms with Crippen LogP contribution in [0.25, 0.3) is 0 Å². The molecule has 0 bridgehead atoms. The fraction of sp³-hybridized carbons (Fsp3) is 0.500. The second-order valence-electron chi connectivity index (χ2n) is 8.23. The molecule has 0 saturated carbocycles. The Bertz CT molecular complexity index is 860. The van der Waals surface area contributed by atoms with E-state index in [9.17, 15) is 9.59 Å². The fourth-order valence-electron chi connectivity index (χ4n) is 4.05. The third kappa shape index (κ3) is 5.04. The Morgan fingerprint density at radius 2 is 1.97 bits per heavy atom. The molecule has 0 saturated heterocycles. The highest BCUT2D eigenvalue weighted by Gasteiger charge is 2.34. The van der Waals surface area contributed by atoms with Crippen molar-refractivity contribution in [2.45, 2.75) is 46.1 Å². The van der Waals surface area contributed by atoms with Gasteiger partial charge >= 0.3 is 0 Å². The van der Waals surface area contributed by atoms with Crippen molar-refractivity contribution in [2.75, 3.05) is 26.7 Å². The number of rotatable bonds is 8. The molecule has 162 valence electrons. The number of methoxy groups -OCH3 is 1. The molecule has 2 amide bonds. The van der Waals surface area contributed by atoms with Crippen LogP contribution in [0, 0.1) is 5.92 Å². The molecule has 6 heteroatoms. The number of nitrogens with zero attached hydrogens (tertiary/aromatic N) is 2. The Morgan fingerprint density at radius 3 is 2.60 bits per heavy atom. The zero-order valence-electron chi connectivity index (χ0n) is 18.4. The van der Waals surface area contributed by atoms with E-state index in [1.807, 2.05) is 36.1 Å². The molecule has 1 aliphatic rings. The number of fused-ring (bicyclic) bond motifs is 1. The Hall–Kier alpha value is -2.34. The topological polar surface area (TPSA) is 49.9 Å². The lowest BCUT2D eigenvalue weighted by atomic mass is 9.93. The number of amides is 2. The van der Waals surface area contributed by atoms with Gasteiger partial charge in [0.2, 0.25) is 11.8 Å². The zero-order chi connectivity index (χ0) is 21.7. The molecule has 0 N–H and O–H groups in total. The first kappa shape index (κ1) is 22.3. The van der Waals surface area contributed by atoms with Crippen molar-refractivity contribution in [1.29, 1.82) is 0 Å².